The van der Waals surface area contributed by atoms with Gasteiger partial charge in [-0.05, 0) is 42.2 Å². The molecule has 2 aromatic carbocycles. The van der Waals surface area contributed by atoms with Gasteiger partial charge in [-0.1, -0.05) is 36.4 Å². The summed E-state index contributed by atoms with van der Waals surface area (Å²) in [6.45, 7) is 2.50. The van der Waals surface area contributed by atoms with E-state index in [4.69, 9.17) is 9.47 Å². The summed E-state index contributed by atoms with van der Waals surface area (Å²) in [6.07, 6.45) is 0.119. The predicted octanol–water partition coefficient (Wildman–Crippen LogP) is 2.86. The summed E-state index contributed by atoms with van der Waals surface area (Å²) >= 11 is 0. The molecule has 0 amide bonds. The first-order chi connectivity index (χ1) is 11.7. The van der Waals surface area contributed by atoms with Crippen LogP contribution in [-0.4, -0.2) is 35.6 Å². The molecular formula is C20H24O4. The van der Waals surface area contributed by atoms with E-state index in [1.807, 2.05) is 31.2 Å². The van der Waals surface area contributed by atoms with Crippen molar-refractivity contribution in [3.63, 3.8) is 0 Å². The van der Waals surface area contributed by atoms with E-state index in [2.05, 4.69) is 24.3 Å². The van der Waals surface area contributed by atoms with E-state index in [9.17, 15) is 10.2 Å². The molecule has 0 spiro atoms. The largest absolute Gasteiger partial charge is 0.494 e. The zero-order valence-corrected chi connectivity index (χ0v) is 13.9. The van der Waals surface area contributed by atoms with E-state index in [0.717, 1.165) is 17.7 Å². The van der Waals surface area contributed by atoms with Gasteiger partial charge < -0.3 is 19.7 Å². The number of benzene rings is 2. The Labute approximate surface area is 142 Å². The first-order valence-electron chi connectivity index (χ1n) is 8.44. The molecule has 1 aliphatic rings. The fraction of sp³-hybridized carbons (Fsp3) is 0.400. The van der Waals surface area contributed by atoms with Crippen LogP contribution in [0.2, 0.25) is 0 Å². The van der Waals surface area contributed by atoms with Gasteiger partial charge in [0, 0.05) is 6.42 Å². The second kappa shape index (κ2) is 7.79. The van der Waals surface area contributed by atoms with Crippen LogP contribution >= 0.6 is 0 Å². The molecule has 3 rings (SSSR count). The van der Waals surface area contributed by atoms with E-state index in [0.29, 0.717) is 13.0 Å². The molecule has 128 valence electrons. The first kappa shape index (κ1) is 17.0. The van der Waals surface area contributed by atoms with Gasteiger partial charge in [0.25, 0.3) is 0 Å². The van der Waals surface area contributed by atoms with Crippen LogP contribution in [0.15, 0.2) is 48.5 Å². The van der Waals surface area contributed by atoms with E-state index < -0.39 is 12.2 Å². The van der Waals surface area contributed by atoms with Crippen molar-refractivity contribution < 1.29 is 19.7 Å². The zero-order chi connectivity index (χ0) is 16.9. The molecule has 1 heterocycles. The average molecular weight is 328 g/mol. The van der Waals surface area contributed by atoms with Crippen molar-refractivity contribution in [3.05, 3.63) is 65.2 Å². The summed E-state index contributed by atoms with van der Waals surface area (Å²) < 4.78 is 11.2. The standard InChI is InChI=1S/C20H24O4/c1-2-23-17-8-6-14(7-9-17)10-15-4-3-5-16(11-15)19-12-18(22)20(13-21)24-19/h3-9,11,18-22H,2,10,12-13H2,1H3/t18-,19-,20+/m1/s1. The highest BCUT2D eigenvalue weighted by Gasteiger charge is 2.34. The van der Waals surface area contributed by atoms with Crippen LogP contribution in [0.1, 0.15) is 36.1 Å². The maximum absolute atomic E-state index is 9.90. The second-order valence-corrected chi connectivity index (χ2v) is 6.15. The highest BCUT2D eigenvalue weighted by molar-refractivity contribution is 5.33. The number of aliphatic hydroxyl groups is 2. The minimum atomic E-state index is -0.602. The van der Waals surface area contributed by atoms with Gasteiger partial charge in [-0.25, -0.2) is 0 Å². The second-order valence-electron chi connectivity index (χ2n) is 6.15. The van der Waals surface area contributed by atoms with Crippen LogP contribution in [0.25, 0.3) is 0 Å². The maximum Gasteiger partial charge on any atom is 0.119 e. The predicted molar refractivity (Wildman–Crippen MR) is 92.2 cm³/mol. The Balaban J connectivity index is 1.69. The van der Waals surface area contributed by atoms with Crippen LogP contribution in [0.4, 0.5) is 0 Å². The van der Waals surface area contributed by atoms with Gasteiger partial charge in [-0.3, -0.25) is 0 Å². The number of ether oxygens (including phenoxy) is 2. The summed E-state index contributed by atoms with van der Waals surface area (Å²) in [5.41, 5.74) is 3.46. The highest BCUT2D eigenvalue weighted by Crippen LogP contribution is 2.33. The van der Waals surface area contributed by atoms with E-state index in [-0.39, 0.29) is 12.7 Å². The van der Waals surface area contributed by atoms with Crippen LogP contribution < -0.4 is 4.74 Å². The van der Waals surface area contributed by atoms with Crippen molar-refractivity contribution in [2.75, 3.05) is 13.2 Å². The minimum absolute atomic E-state index is 0.149. The third-order valence-corrected chi connectivity index (χ3v) is 4.37. The molecule has 2 aromatic rings. The Bertz CT molecular complexity index is 653. The van der Waals surface area contributed by atoms with Crippen molar-refractivity contribution in [1.82, 2.24) is 0 Å². The SMILES string of the molecule is CCOc1ccc(Cc2cccc([C@H]3C[C@@H](O)[C@H](CO)O3)c2)cc1. The maximum atomic E-state index is 9.90. The van der Waals surface area contributed by atoms with Gasteiger partial charge in [0.05, 0.1) is 25.4 Å². The molecule has 24 heavy (non-hydrogen) atoms. The third kappa shape index (κ3) is 3.96. The number of hydrogen-bond acceptors (Lipinski definition) is 4. The minimum Gasteiger partial charge on any atom is -0.494 e. The lowest BCUT2D eigenvalue weighted by atomic mass is 9.99. The Morgan fingerprint density at radius 1 is 1.12 bits per heavy atom. The summed E-state index contributed by atoms with van der Waals surface area (Å²) in [5.74, 6) is 0.887. The molecule has 2 N–H and O–H groups in total. The van der Waals surface area contributed by atoms with Crippen LogP contribution in [0.5, 0.6) is 5.75 Å². The van der Waals surface area contributed by atoms with E-state index in [1.165, 1.54) is 11.1 Å². The van der Waals surface area contributed by atoms with Gasteiger partial charge in [-0.15, -0.1) is 0 Å². The summed E-state index contributed by atoms with van der Waals surface area (Å²) in [7, 11) is 0. The lowest BCUT2D eigenvalue weighted by Crippen LogP contribution is -2.24. The molecule has 3 atom stereocenters. The van der Waals surface area contributed by atoms with Gasteiger partial charge in [0.1, 0.15) is 11.9 Å². The lowest BCUT2D eigenvalue weighted by Gasteiger charge is -2.13. The number of rotatable bonds is 6. The number of aliphatic hydroxyl groups excluding tert-OH is 2. The third-order valence-electron chi connectivity index (χ3n) is 4.37. The normalized spacial score (nSPS) is 23.4. The van der Waals surface area contributed by atoms with Gasteiger partial charge in [0.15, 0.2) is 0 Å². The Hall–Kier alpha value is -1.88. The molecule has 0 aromatic heterocycles. The fourth-order valence-electron chi connectivity index (χ4n) is 3.12. The van der Waals surface area contributed by atoms with Gasteiger partial charge in [-0.2, -0.15) is 0 Å². The molecular weight excluding hydrogens is 304 g/mol. The molecule has 4 nitrogen and oxygen atoms in total. The van der Waals surface area contributed by atoms with Gasteiger partial charge in [0.2, 0.25) is 0 Å². The molecule has 0 unspecified atom stereocenters. The first-order valence-corrected chi connectivity index (χ1v) is 8.44. The van der Waals surface area contributed by atoms with Gasteiger partial charge >= 0.3 is 0 Å². The van der Waals surface area contributed by atoms with Crippen molar-refractivity contribution in [2.24, 2.45) is 0 Å². The smallest absolute Gasteiger partial charge is 0.119 e. The summed E-state index contributed by atoms with van der Waals surface area (Å²) in [4.78, 5) is 0. The lowest BCUT2D eigenvalue weighted by molar-refractivity contribution is -0.0225. The quantitative estimate of drug-likeness (QED) is 0.856. The zero-order valence-electron chi connectivity index (χ0n) is 13.9. The van der Waals surface area contributed by atoms with Crippen LogP contribution in [0.3, 0.4) is 0 Å². The molecule has 4 heteroatoms. The molecule has 0 aliphatic carbocycles. The monoisotopic (exact) mass is 328 g/mol. The Morgan fingerprint density at radius 3 is 2.58 bits per heavy atom. The van der Waals surface area contributed by atoms with Crippen molar-refractivity contribution in [2.45, 2.75) is 38.1 Å². The highest BCUT2D eigenvalue weighted by atomic mass is 16.5. The topological polar surface area (TPSA) is 58.9 Å². The van der Waals surface area contributed by atoms with Crippen LogP contribution in [-0.2, 0) is 11.2 Å². The Morgan fingerprint density at radius 2 is 1.92 bits per heavy atom. The summed E-state index contributed by atoms with van der Waals surface area (Å²) in [6, 6.07) is 16.4. The van der Waals surface area contributed by atoms with E-state index in [1.54, 1.807) is 0 Å². The Kier molecular flexibility index (Phi) is 5.51. The molecule has 0 saturated carbocycles. The molecule has 0 radical (unpaired) electrons. The average Bonchev–Trinajstić information content (AvgIpc) is 2.98. The van der Waals surface area contributed by atoms with Crippen molar-refractivity contribution in [3.8, 4) is 5.75 Å². The molecule has 1 aliphatic heterocycles. The van der Waals surface area contributed by atoms with Crippen LogP contribution in [0, 0.1) is 0 Å². The summed E-state index contributed by atoms with van der Waals surface area (Å²) in [5, 5.41) is 19.1. The fourth-order valence-corrected chi connectivity index (χ4v) is 3.12. The molecule has 1 saturated heterocycles. The molecule has 0 bridgehead atoms. The van der Waals surface area contributed by atoms with E-state index >= 15 is 0 Å². The number of hydrogen-bond donors (Lipinski definition) is 2. The molecule has 1 fully saturated rings. The van der Waals surface area contributed by atoms with Crippen molar-refractivity contribution >= 4 is 0 Å². The van der Waals surface area contributed by atoms with Crippen molar-refractivity contribution in [1.29, 1.82) is 0 Å².